The summed E-state index contributed by atoms with van der Waals surface area (Å²) in [5.41, 5.74) is 5.97. The molecular weight excluding hydrogens is 348 g/mol. The number of nitrogens with one attached hydrogen (secondary N) is 1. The van der Waals surface area contributed by atoms with Crippen molar-refractivity contribution in [1.29, 1.82) is 0 Å². The molecule has 1 aliphatic carbocycles. The van der Waals surface area contributed by atoms with Crippen LogP contribution in [0.4, 0.5) is 0 Å². The van der Waals surface area contributed by atoms with Gasteiger partial charge < -0.3 is 15.0 Å². The molecule has 0 bridgehead atoms. The summed E-state index contributed by atoms with van der Waals surface area (Å²) in [6.07, 6.45) is 6.31. The van der Waals surface area contributed by atoms with Crippen molar-refractivity contribution < 1.29 is 9.53 Å². The largest absolute Gasteiger partial charge is 0.383 e. The van der Waals surface area contributed by atoms with Crippen LogP contribution < -0.4 is 5.32 Å². The number of methoxy groups -OCH3 is 1. The predicted molar refractivity (Wildman–Crippen MR) is 113 cm³/mol. The van der Waals surface area contributed by atoms with Gasteiger partial charge in [-0.1, -0.05) is 30.3 Å². The van der Waals surface area contributed by atoms with E-state index in [1.165, 1.54) is 55.5 Å². The molecule has 4 nitrogen and oxygen atoms in total. The van der Waals surface area contributed by atoms with E-state index < -0.39 is 0 Å². The Morgan fingerprint density at radius 3 is 2.75 bits per heavy atom. The van der Waals surface area contributed by atoms with Crippen LogP contribution in [0.15, 0.2) is 42.5 Å². The third kappa shape index (κ3) is 4.29. The molecule has 28 heavy (non-hydrogen) atoms. The van der Waals surface area contributed by atoms with E-state index in [0.717, 1.165) is 18.0 Å². The molecule has 1 unspecified atom stereocenters. The highest BCUT2D eigenvalue weighted by Gasteiger charge is 2.26. The highest BCUT2D eigenvalue weighted by Crippen LogP contribution is 2.30. The van der Waals surface area contributed by atoms with Gasteiger partial charge in [-0.15, -0.1) is 0 Å². The summed E-state index contributed by atoms with van der Waals surface area (Å²) in [6, 6.07) is 15.5. The van der Waals surface area contributed by atoms with E-state index in [0.29, 0.717) is 18.7 Å². The summed E-state index contributed by atoms with van der Waals surface area (Å²) in [7, 11) is 1.64. The van der Waals surface area contributed by atoms with Crippen molar-refractivity contribution in [3.63, 3.8) is 0 Å². The van der Waals surface area contributed by atoms with Crippen LogP contribution in [-0.2, 0) is 17.6 Å². The van der Waals surface area contributed by atoms with Crippen molar-refractivity contribution in [3.8, 4) is 11.1 Å². The Morgan fingerprint density at radius 1 is 1.11 bits per heavy atom. The SMILES string of the molecule is COCCNC(=O)c1cccc(-c2ccc3c(c2)CCC(N2CCCC2)C3)c1. The lowest BCUT2D eigenvalue weighted by Gasteiger charge is -2.32. The van der Waals surface area contributed by atoms with Gasteiger partial charge in [0.1, 0.15) is 0 Å². The van der Waals surface area contributed by atoms with E-state index in [1.807, 2.05) is 18.2 Å². The first-order valence-electron chi connectivity index (χ1n) is 10.5. The summed E-state index contributed by atoms with van der Waals surface area (Å²) >= 11 is 0. The standard InChI is InChI=1S/C24H30N2O2/c1-28-14-11-25-24(27)22-6-4-5-18(16-22)19-7-8-21-17-23(10-9-20(21)15-19)26-12-2-3-13-26/h4-8,15-16,23H,2-3,9-14,17H2,1H3,(H,25,27). The second-order valence-electron chi connectivity index (χ2n) is 7.95. The van der Waals surface area contributed by atoms with E-state index in [-0.39, 0.29) is 5.91 Å². The zero-order valence-corrected chi connectivity index (χ0v) is 16.7. The third-order valence-electron chi connectivity index (χ3n) is 6.12. The molecule has 0 aromatic heterocycles. The van der Waals surface area contributed by atoms with Crippen molar-refractivity contribution in [3.05, 3.63) is 59.2 Å². The molecule has 1 fully saturated rings. The molecule has 1 atom stereocenters. The first-order valence-corrected chi connectivity index (χ1v) is 10.5. The van der Waals surface area contributed by atoms with Crippen LogP contribution in [-0.4, -0.2) is 50.2 Å². The van der Waals surface area contributed by atoms with Crippen molar-refractivity contribution in [2.24, 2.45) is 0 Å². The van der Waals surface area contributed by atoms with Gasteiger partial charge >= 0.3 is 0 Å². The van der Waals surface area contributed by atoms with E-state index >= 15 is 0 Å². The third-order valence-corrected chi connectivity index (χ3v) is 6.12. The number of ether oxygens (including phenoxy) is 1. The maximum Gasteiger partial charge on any atom is 0.251 e. The van der Waals surface area contributed by atoms with Gasteiger partial charge in [0.25, 0.3) is 5.91 Å². The molecule has 4 heteroatoms. The summed E-state index contributed by atoms with van der Waals surface area (Å²) in [4.78, 5) is 15.0. The van der Waals surface area contributed by atoms with Gasteiger partial charge in [-0.25, -0.2) is 0 Å². The van der Waals surface area contributed by atoms with Crippen LogP contribution >= 0.6 is 0 Å². The number of likely N-dealkylation sites (tertiary alicyclic amines) is 1. The molecule has 1 aliphatic heterocycles. The second kappa shape index (κ2) is 8.89. The van der Waals surface area contributed by atoms with Gasteiger partial charge in [0.05, 0.1) is 6.61 Å². The molecule has 1 amide bonds. The lowest BCUT2D eigenvalue weighted by atomic mass is 9.85. The number of nitrogens with zero attached hydrogens (tertiary/aromatic N) is 1. The highest BCUT2D eigenvalue weighted by molar-refractivity contribution is 5.95. The minimum atomic E-state index is -0.0506. The van der Waals surface area contributed by atoms with E-state index in [2.05, 4.69) is 34.5 Å². The Labute approximate surface area is 167 Å². The average Bonchev–Trinajstić information content (AvgIpc) is 3.28. The fourth-order valence-corrected chi connectivity index (χ4v) is 4.54. The number of benzene rings is 2. The zero-order valence-electron chi connectivity index (χ0n) is 16.7. The van der Waals surface area contributed by atoms with Gasteiger partial charge in [-0.3, -0.25) is 4.79 Å². The molecule has 2 aliphatic rings. The van der Waals surface area contributed by atoms with Gasteiger partial charge in [-0.2, -0.15) is 0 Å². The topological polar surface area (TPSA) is 41.6 Å². The maximum absolute atomic E-state index is 12.3. The Kier molecular flexibility index (Phi) is 6.08. The predicted octanol–water partition coefficient (Wildman–Crippen LogP) is 3.68. The molecule has 0 radical (unpaired) electrons. The van der Waals surface area contributed by atoms with Crippen molar-refractivity contribution in [1.82, 2.24) is 10.2 Å². The zero-order chi connectivity index (χ0) is 19.3. The Balaban J connectivity index is 1.48. The molecule has 2 aromatic carbocycles. The molecule has 148 valence electrons. The van der Waals surface area contributed by atoms with Gasteiger partial charge in [-0.05, 0) is 79.6 Å². The van der Waals surface area contributed by atoms with Crippen molar-refractivity contribution >= 4 is 5.91 Å². The first kappa shape index (κ1) is 19.2. The number of rotatable bonds is 6. The Bertz CT molecular complexity index is 827. The lowest BCUT2D eigenvalue weighted by molar-refractivity contribution is 0.0937. The summed E-state index contributed by atoms with van der Waals surface area (Å²) in [5, 5.41) is 2.89. The molecule has 2 aromatic rings. The number of hydrogen-bond donors (Lipinski definition) is 1. The number of amides is 1. The number of fused-ring (bicyclic) bond motifs is 1. The monoisotopic (exact) mass is 378 g/mol. The maximum atomic E-state index is 12.3. The van der Waals surface area contributed by atoms with E-state index in [4.69, 9.17) is 4.74 Å². The average molecular weight is 379 g/mol. The van der Waals surface area contributed by atoms with E-state index in [9.17, 15) is 4.79 Å². The molecule has 4 rings (SSSR count). The van der Waals surface area contributed by atoms with Crippen molar-refractivity contribution in [2.75, 3.05) is 33.4 Å². The summed E-state index contributed by atoms with van der Waals surface area (Å²) in [5.74, 6) is -0.0506. The van der Waals surface area contributed by atoms with Crippen LogP contribution in [0.3, 0.4) is 0 Å². The Hall–Kier alpha value is -2.17. The molecular formula is C24H30N2O2. The molecule has 1 heterocycles. The van der Waals surface area contributed by atoms with Crippen LogP contribution in [0.25, 0.3) is 11.1 Å². The normalized spacial score (nSPS) is 19.4. The quantitative estimate of drug-likeness (QED) is 0.780. The minimum Gasteiger partial charge on any atom is -0.383 e. The number of carbonyl (C=O) groups excluding carboxylic acids is 1. The molecule has 1 N–H and O–H groups in total. The first-order chi connectivity index (χ1) is 13.7. The number of hydrogen-bond acceptors (Lipinski definition) is 3. The number of aryl methyl sites for hydroxylation is 1. The fraction of sp³-hybridized carbons (Fsp3) is 0.458. The summed E-state index contributed by atoms with van der Waals surface area (Å²) < 4.78 is 5.00. The van der Waals surface area contributed by atoms with Gasteiger partial charge in [0.15, 0.2) is 0 Å². The van der Waals surface area contributed by atoms with Crippen LogP contribution in [0, 0.1) is 0 Å². The van der Waals surface area contributed by atoms with Crippen LogP contribution in [0.1, 0.15) is 40.7 Å². The molecule has 1 saturated heterocycles. The van der Waals surface area contributed by atoms with Gasteiger partial charge in [0.2, 0.25) is 0 Å². The van der Waals surface area contributed by atoms with Gasteiger partial charge in [0, 0.05) is 25.3 Å². The van der Waals surface area contributed by atoms with Crippen LogP contribution in [0.5, 0.6) is 0 Å². The lowest BCUT2D eigenvalue weighted by Crippen LogP contribution is -2.37. The minimum absolute atomic E-state index is 0.0506. The Morgan fingerprint density at radius 2 is 1.93 bits per heavy atom. The molecule has 0 saturated carbocycles. The number of carbonyl (C=O) groups is 1. The van der Waals surface area contributed by atoms with Crippen molar-refractivity contribution in [2.45, 2.75) is 38.1 Å². The van der Waals surface area contributed by atoms with Crippen LogP contribution in [0.2, 0.25) is 0 Å². The fourth-order valence-electron chi connectivity index (χ4n) is 4.54. The van der Waals surface area contributed by atoms with E-state index in [1.54, 1.807) is 7.11 Å². The second-order valence-corrected chi connectivity index (χ2v) is 7.95. The highest BCUT2D eigenvalue weighted by atomic mass is 16.5. The summed E-state index contributed by atoms with van der Waals surface area (Å²) in [6.45, 7) is 3.60. The smallest absolute Gasteiger partial charge is 0.251 e. The molecule has 0 spiro atoms.